The number of hydrogen-bond donors (Lipinski definition) is 1. The number of halogens is 2. The molecule has 2 aromatic heterocycles. The number of aromatic nitrogens is 3. The molecule has 1 N–H and O–H groups in total. The van der Waals surface area contributed by atoms with E-state index in [0.29, 0.717) is 22.5 Å². The first-order chi connectivity index (χ1) is 16.9. The summed E-state index contributed by atoms with van der Waals surface area (Å²) in [6, 6.07) is 18.2. The maximum atomic E-state index is 14.7. The molecule has 8 heteroatoms. The number of ether oxygens (including phenoxy) is 1. The van der Waals surface area contributed by atoms with Gasteiger partial charge in [-0.15, -0.1) is 0 Å². The Labute approximate surface area is 199 Å². The highest BCUT2D eigenvalue weighted by Gasteiger charge is 2.12. The van der Waals surface area contributed by atoms with E-state index in [1.807, 2.05) is 19.1 Å². The van der Waals surface area contributed by atoms with Gasteiger partial charge >= 0.3 is 0 Å². The van der Waals surface area contributed by atoms with Crippen LogP contribution in [0.5, 0.6) is 11.5 Å². The first kappa shape index (κ1) is 22.1. The van der Waals surface area contributed by atoms with Crippen LogP contribution in [0.15, 0.2) is 85.2 Å². The first-order valence-electron chi connectivity index (χ1n) is 10.7. The van der Waals surface area contributed by atoms with Crippen LogP contribution in [0.25, 0.3) is 22.3 Å². The molecule has 0 bridgehead atoms. The third-order valence-electron chi connectivity index (χ3n) is 5.23. The molecule has 172 valence electrons. The van der Waals surface area contributed by atoms with Crippen LogP contribution in [0.1, 0.15) is 16.1 Å². The van der Waals surface area contributed by atoms with Crippen LogP contribution in [0, 0.1) is 18.6 Å². The third kappa shape index (κ3) is 4.96. The Hall–Kier alpha value is -4.72. The number of nitrogens with one attached hydrogen (secondary N) is 1. The topological polar surface area (TPSA) is 77.0 Å². The largest absolute Gasteiger partial charge is 0.454 e. The van der Waals surface area contributed by atoms with E-state index < -0.39 is 17.5 Å². The van der Waals surface area contributed by atoms with E-state index in [1.54, 1.807) is 30.6 Å². The van der Waals surface area contributed by atoms with Crippen molar-refractivity contribution < 1.29 is 18.3 Å². The van der Waals surface area contributed by atoms with E-state index in [1.165, 1.54) is 30.3 Å². The summed E-state index contributed by atoms with van der Waals surface area (Å²) in [5.41, 5.74) is 3.98. The fourth-order valence-corrected chi connectivity index (χ4v) is 3.43. The highest BCUT2D eigenvalue weighted by Crippen LogP contribution is 2.29. The Bertz CT molecular complexity index is 1560. The van der Waals surface area contributed by atoms with Gasteiger partial charge in [-0.25, -0.2) is 13.8 Å². The Morgan fingerprint density at radius 2 is 1.77 bits per heavy atom. The van der Waals surface area contributed by atoms with Gasteiger partial charge in [-0.3, -0.25) is 14.8 Å². The molecule has 0 radical (unpaired) electrons. The molecule has 35 heavy (non-hydrogen) atoms. The van der Waals surface area contributed by atoms with Crippen molar-refractivity contribution >= 4 is 22.6 Å². The zero-order valence-electron chi connectivity index (χ0n) is 18.5. The van der Waals surface area contributed by atoms with Gasteiger partial charge in [0.2, 0.25) is 0 Å². The van der Waals surface area contributed by atoms with Gasteiger partial charge in [-0.2, -0.15) is 0 Å². The molecule has 0 spiro atoms. The standard InChI is InChI=1S/C27H18F2N4O2/c1-16-5-6-18(14-30-16)25-15-31-23-9-8-21(13-24(23)33-25)35-26-10-7-20(12-22(26)29)32-27(34)17-3-2-4-19(28)11-17/h2-15H,1H3,(H,32,34). The van der Waals surface area contributed by atoms with Gasteiger partial charge in [-0.1, -0.05) is 6.07 Å². The molecule has 5 aromatic rings. The van der Waals surface area contributed by atoms with Crippen LogP contribution >= 0.6 is 0 Å². The summed E-state index contributed by atoms with van der Waals surface area (Å²) in [5, 5.41) is 2.54. The van der Waals surface area contributed by atoms with Crippen molar-refractivity contribution in [1.29, 1.82) is 0 Å². The summed E-state index contributed by atoms with van der Waals surface area (Å²) in [6.45, 7) is 1.91. The zero-order chi connectivity index (χ0) is 24.4. The predicted molar refractivity (Wildman–Crippen MR) is 128 cm³/mol. The van der Waals surface area contributed by atoms with Crippen molar-refractivity contribution in [3.05, 3.63) is 108 Å². The number of anilines is 1. The highest BCUT2D eigenvalue weighted by atomic mass is 19.1. The smallest absolute Gasteiger partial charge is 0.255 e. The van der Waals surface area contributed by atoms with Gasteiger partial charge in [-0.05, 0) is 61.5 Å². The highest BCUT2D eigenvalue weighted by molar-refractivity contribution is 6.04. The lowest BCUT2D eigenvalue weighted by atomic mass is 10.2. The van der Waals surface area contributed by atoms with Crippen LogP contribution in [0.4, 0.5) is 14.5 Å². The lowest BCUT2D eigenvalue weighted by Gasteiger charge is -2.10. The summed E-state index contributed by atoms with van der Waals surface area (Å²) in [7, 11) is 0. The second kappa shape index (κ2) is 9.26. The Kier molecular flexibility index (Phi) is 5.85. The average Bonchev–Trinajstić information content (AvgIpc) is 2.86. The van der Waals surface area contributed by atoms with E-state index in [9.17, 15) is 13.6 Å². The molecule has 2 heterocycles. The zero-order valence-corrected chi connectivity index (χ0v) is 18.5. The molecule has 0 atom stereocenters. The summed E-state index contributed by atoms with van der Waals surface area (Å²) in [6.07, 6.45) is 3.40. The van der Waals surface area contributed by atoms with Crippen LogP contribution in [0.3, 0.4) is 0 Å². The van der Waals surface area contributed by atoms with Crippen LogP contribution < -0.4 is 10.1 Å². The molecule has 0 saturated carbocycles. The molecule has 3 aromatic carbocycles. The van der Waals surface area contributed by atoms with Crippen LogP contribution in [-0.2, 0) is 0 Å². The fourth-order valence-electron chi connectivity index (χ4n) is 3.43. The number of fused-ring (bicyclic) bond motifs is 1. The number of carbonyl (C=O) groups excluding carboxylic acids is 1. The number of rotatable bonds is 5. The van der Waals surface area contributed by atoms with Crippen molar-refractivity contribution in [2.75, 3.05) is 5.32 Å². The Balaban J connectivity index is 1.35. The molecular weight excluding hydrogens is 450 g/mol. The van der Waals surface area contributed by atoms with Gasteiger partial charge in [0.25, 0.3) is 5.91 Å². The number of aryl methyl sites for hydroxylation is 1. The SMILES string of the molecule is Cc1ccc(-c2cnc3ccc(Oc4ccc(NC(=O)c5cccc(F)c5)cc4F)cc3n2)cn1. The number of benzene rings is 3. The minimum absolute atomic E-state index is 0.0278. The lowest BCUT2D eigenvalue weighted by Crippen LogP contribution is -2.12. The quantitative estimate of drug-likeness (QED) is 0.327. The van der Waals surface area contributed by atoms with Crippen molar-refractivity contribution in [3.63, 3.8) is 0 Å². The predicted octanol–water partition coefficient (Wildman–Crippen LogP) is 6.32. The first-order valence-corrected chi connectivity index (χ1v) is 10.7. The third-order valence-corrected chi connectivity index (χ3v) is 5.23. The maximum Gasteiger partial charge on any atom is 0.255 e. The van der Waals surface area contributed by atoms with E-state index in [0.717, 1.165) is 23.4 Å². The van der Waals surface area contributed by atoms with E-state index in [4.69, 9.17) is 4.74 Å². The van der Waals surface area contributed by atoms with E-state index in [2.05, 4.69) is 20.3 Å². The number of nitrogens with zero attached hydrogens (tertiary/aromatic N) is 3. The average molecular weight is 468 g/mol. The molecule has 0 aliphatic heterocycles. The van der Waals surface area contributed by atoms with Crippen LogP contribution in [0.2, 0.25) is 0 Å². The molecule has 5 rings (SSSR count). The minimum Gasteiger partial charge on any atom is -0.454 e. The van der Waals surface area contributed by atoms with E-state index in [-0.39, 0.29) is 17.0 Å². The monoisotopic (exact) mass is 468 g/mol. The molecule has 0 aliphatic rings. The fraction of sp³-hybridized carbons (Fsp3) is 0.0370. The number of amides is 1. The summed E-state index contributed by atoms with van der Waals surface area (Å²) >= 11 is 0. The molecule has 0 aliphatic carbocycles. The summed E-state index contributed by atoms with van der Waals surface area (Å²) < 4.78 is 33.8. The van der Waals surface area contributed by atoms with Gasteiger partial charge in [0.15, 0.2) is 11.6 Å². The molecule has 0 saturated heterocycles. The molecular formula is C27H18F2N4O2. The molecule has 6 nitrogen and oxygen atoms in total. The van der Waals surface area contributed by atoms with Crippen molar-refractivity contribution in [1.82, 2.24) is 15.0 Å². The van der Waals surface area contributed by atoms with Crippen molar-refractivity contribution in [2.45, 2.75) is 6.92 Å². The summed E-state index contributed by atoms with van der Waals surface area (Å²) in [5.74, 6) is -1.41. The molecule has 0 fully saturated rings. The second-order valence-electron chi connectivity index (χ2n) is 7.81. The Morgan fingerprint density at radius 1 is 0.886 bits per heavy atom. The van der Waals surface area contributed by atoms with Gasteiger partial charge in [0, 0.05) is 40.8 Å². The molecule has 1 amide bonds. The van der Waals surface area contributed by atoms with Gasteiger partial charge in [0.05, 0.1) is 22.9 Å². The van der Waals surface area contributed by atoms with Crippen LogP contribution in [-0.4, -0.2) is 20.9 Å². The van der Waals surface area contributed by atoms with Crippen molar-refractivity contribution in [3.8, 4) is 22.8 Å². The normalized spacial score (nSPS) is 10.8. The number of hydrogen-bond acceptors (Lipinski definition) is 5. The van der Waals surface area contributed by atoms with Gasteiger partial charge < -0.3 is 10.1 Å². The second-order valence-corrected chi connectivity index (χ2v) is 7.81. The maximum absolute atomic E-state index is 14.7. The van der Waals surface area contributed by atoms with Crippen molar-refractivity contribution in [2.24, 2.45) is 0 Å². The molecule has 0 unspecified atom stereocenters. The van der Waals surface area contributed by atoms with Gasteiger partial charge in [0.1, 0.15) is 11.6 Å². The number of pyridine rings is 1. The Morgan fingerprint density at radius 3 is 2.54 bits per heavy atom. The minimum atomic E-state index is -0.673. The number of carbonyl (C=O) groups is 1. The van der Waals surface area contributed by atoms with E-state index >= 15 is 0 Å². The lowest BCUT2D eigenvalue weighted by molar-refractivity contribution is 0.102. The summed E-state index contributed by atoms with van der Waals surface area (Å²) in [4.78, 5) is 25.6.